The van der Waals surface area contributed by atoms with Crippen molar-refractivity contribution in [2.45, 2.75) is 57.9 Å². The SMILES string of the molecule is Cc1cc([C@@H](C)Nc2ccccc2C(=O)O)c2oc(C3CCCCC3)cc(=O)c2c1. The van der Waals surface area contributed by atoms with E-state index in [-0.39, 0.29) is 17.0 Å². The number of rotatable bonds is 5. The van der Waals surface area contributed by atoms with Gasteiger partial charge in [-0.2, -0.15) is 0 Å². The zero-order valence-corrected chi connectivity index (χ0v) is 17.4. The number of carboxylic acids is 1. The van der Waals surface area contributed by atoms with E-state index in [1.54, 1.807) is 30.3 Å². The zero-order valence-electron chi connectivity index (χ0n) is 17.4. The Morgan fingerprint density at radius 1 is 1.13 bits per heavy atom. The van der Waals surface area contributed by atoms with E-state index in [0.717, 1.165) is 42.6 Å². The number of carbonyl (C=O) groups is 1. The molecule has 156 valence electrons. The van der Waals surface area contributed by atoms with Crippen LogP contribution in [0.3, 0.4) is 0 Å². The van der Waals surface area contributed by atoms with Crippen LogP contribution in [0.4, 0.5) is 5.69 Å². The second-order valence-electron chi connectivity index (χ2n) is 8.30. The summed E-state index contributed by atoms with van der Waals surface area (Å²) in [5.74, 6) is 0.0851. The molecule has 5 nitrogen and oxygen atoms in total. The molecule has 0 bridgehead atoms. The van der Waals surface area contributed by atoms with E-state index in [2.05, 4.69) is 5.32 Å². The maximum atomic E-state index is 12.9. The van der Waals surface area contributed by atoms with Crippen LogP contribution in [-0.4, -0.2) is 11.1 Å². The molecule has 0 saturated heterocycles. The number of carboxylic acid groups (broad SMARTS) is 1. The first-order valence-electron chi connectivity index (χ1n) is 10.6. The summed E-state index contributed by atoms with van der Waals surface area (Å²) in [5.41, 5.74) is 3.17. The molecule has 1 aliphatic rings. The molecule has 3 aromatic rings. The van der Waals surface area contributed by atoms with Gasteiger partial charge in [0.1, 0.15) is 11.3 Å². The standard InChI is InChI=1S/C25H27NO4/c1-15-12-19(16(2)26-21-11-7-6-10-18(21)25(28)29)24-20(13-15)22(27)14-23(30-24)17-8-4-3-5-9-17/h6-7,10-14,16-17,26H,3-5,8-9H2,1-2H3,(H,28,29)/t16-/m1/s1. The molecule has 30 heavy (non-hydrogen) atoms. The third kappa shape index (κ3) is 3.97. The van der Waals surface area contributed by atoms with Gasteiger partial charge < -0.3 is 14.8 Å². The van der Waals surface area contributed by atoms with Gasteiger partial charge in [0.15, 0.2) is 5.43 Å². The molecule has 1 heterocycles. The van der Waals surface area contributed by atoms with Gasteiger partial charge in [-0.25, -0.2) is 4.79 Å². The van der Waals surface area contributed by atoms with Gasteiger partial charge >= 0.3 is 5.97 Å². The van der Waals surface area contributed by atoms with Crippen molar-refractivity contribution in [3.05, 3.63) is 75.1 Å². The predicted octanol–water partition coefficient (Wildman–Crippen LogP) is 6.02. The van der Waals surface area contributed by atoms with E-state index >= 15 is 0 Å². The summed E-state index contributed by atoms with van der Waals surface area (Å²) in [6.07, 6.45) is 5.67. The Morgan fingerprint density at radius 3 is 2.60 bits per heavy atom. The van der Waals surface area contributed by atoms with Crippen molar-refractivity contribution in [1.82, 2.24) is 0 Å². The van der Waals surface area contributed by atoms with E-state index in [0.29, 0.717) is 22.6 Å². The van der Waals surface area contributed by atoms with E-state index < -0.39 is 5.97 Å². The quantitative estimate of drug-likeness (QED) is 0.542. The lowest BCUT2D eigenvalue weighted by atomic mass is 9.87. The Morgan fingerprint density at radius 2 is 1.87 bits per heavy atom. The molecule has 4 rings (SSSR count). The van der Waals surface area contributed by atoms with E-state index in [4.69, 9.17) is 4.42 Å². The van der Waals surface area contributed by atoms with Gasteiger partial charge in [-0.15, -0.1) is 0 Å². The summed E-state index contributed by atoms with van der Waals surface area (Å²) < 4.78 is 6.35. The van der Waals surface area contributed by atoms with Crippen molar-refractivity contribution < 1.29 is 14.3 Å². The van der Waals surface area contributed by atoms with Gasteiger partial charge in [-0.05, 0) is 50.5 Å². The molecule has 0 unspecified atom stereocenters. The predicted molar refractivity (Wildman–Crippen MR) is 118 cm³/mol. The number of anilines is 1. The molecule has 5 heteroatoms. The number of benzene rings is 2. The van der Waals surface area contributed by atoms with Gasteiger partial charge in [0, 0.05) is 23.2 Å². The minimum atomic E-state index is -0.981. The molecule has 2 aromatic carbocycles. The Kier molecular flexibility index (Phi) is 5.62. The number of fused-ring (bicyclic) bond motifs is 1. The number of aromatic carboxylic acids is 1. The molecule has 0 radical (unpaired) electrons. The van der Waals surface area contributed by atoms with Crippen LogP contribution < -0.4 is 10.7 Å². The van der Waals surface area contributed by atoms with Crippen molar-refractivity contribution in [1.29, 1.82) is 0 Å². The minimum Gasteiger partial charge on any atom is -0.478 e. The topological polar surface area (TPSA) is 79.5 Å². The van der Waals surface area contributed by atoms with Gasteiger partial charge in [0.25, 0.3) is 0 Å². The summed E-state index contributed by atoms with van der Waals surface area (Å²) in [6, 6.07) is 12.1. The summed E-state index contributed by atoms with van der Waals surface area (Å²) in [4.78, 5) is 24.5. The smallest absolute Gasteiger partial charge is 0.337 e. The van der Waals surface area contributed by atoms with Gasteiger partial charge in [-0.1, -0.05) is 37.5 Å². The van der Waals surface area contributed by atoms with Crippen molar-refractivity contribution in [2.24, 2.45) is 0 Å². The lowest BCUT2D eigenvalue weighted by Crippen LogP contribution is -2.14. The first-order valence-corrected chi connectivity index (χ1v) is 10.6. The second-order valence-corrected chi connectivity index (χ2v) is 8.30. The van der Waals surface area contributed by atoms with Crippen LogP contribution in [-0.2, 0) is 0 Å². The van der Waals surface area contributed by atoms with E-state index in [9.17, 15) is 14.7 Å². The first kappa shape index (κ1) is 20.2. The van der Waals surface area contributed by atoms with E-state index in [1.165, 1.54) is 6.42 Å². The number of hydrogen-bond donors (Lipinski definition) is 2. The normalized spacial score (nSPS) is 15.8. The van der Waals surface area contributed by atoms with Crippen LogP contribution in [0.2, 0.25) is 0 Å². The molecule has 0 aliphatic heterocycles. The minimum absolute atomic E-state index is 0.0140. The van der Waals surface area contributed by atoms with Crippen LogP contribution in [0, 0.1) is 6.92 Å². The maximum absolute atomic E-state index is 12.9. The first-order chi connectivity index (χ1) is 14.4. The molecule has 1 atom stereocenters. The van der Waals surface area contributed by atoms with Gasteiger partial charge in [-0.3, -0.25) is 4.79 Å². The van der Waals surface area contributed by atoms with Crippen LogP contribution in [0.25, 0.3) is 11.0 Å². The van der Waals surface area contributed by atoms with Gasteiger partial charge in [0.2, 0.25) is 0 Å². The molecule has 0 amide bonds. The number of hydrogen-bond acceptors (Lipinski definition) is 4. The van der Waals surface area contributed by atoms with Crippen LogP contribution >= 0.6 is 0 Å². The second kappa shape index (κ2) is 8.34. The fourth-order valence-corrected chi connectivity index (χ4v) is 4.47. The fourth-order valence-electron chi connectivity index (χ4n) is 4.47. The van der Waals surface area contributed by atoms with E-state index in [1.807, 2.05) is 26.0 Å². The summed E-state index contributed by atoms with van der Waals surface area (Å²) in [5, 5.41) is 13.4. The molecular formula is C25H27NO4. The third-order valence-corrected chi connectivity index (χ3v) is 6.02. The zero-order chi connectivity index (χ0) is 21.3. The average molecular weight is 405 g/mol. The fraction of sp³-hybridized carbons (Fsp3) is 0.360. The summed E-state index contributed by atoms with van der Waals surface area (Å²) >= 11 is 0. The highest BCUT2D eigenvalue weighted by Crippen LogP contribution is 2.35. The highest BCUT2D eigenvalue weighted by Gasteiger charge is 2.22. The molecule has 2 N–H and O–H groups in total. The lowest BCUT2D eigenvalue weighted by molar-refractivity contribution is 0.0698. The number of para-hydroxylation sites is 1. The molecule has 1 fully saturated rings. The third-order valence-electron chi connectivity index (χ3n) is 6.02. The highest BCUT2D eigenvalue weighted by atomic mass is 16.4. The lowest BCUT2D eigenvalue weighted by Gasteiger charge is -2.22. The molecule has 1 aromatic heterocycles. The van der Waals surface area contributed by atoms with Crippen LogP contribution in [0.1, 0.15) is 78.2 Å². The van der Waals surface area contributed by atoms with Crippen molar-refractivity contribution >= 4 is 22.6 Å². The monoisotopic (exact) mass is 405 g/mol. The van der Waals surface area contributed by atoms with Crippen molar-refractivity contribution in [3.63, 3.8) is 0 Å². The Hall–Kier alpha value is -3.08. The van der Waals surface area contributed by atoms with Crippen molar-refractivity contribution in [3.8, 4) is 0 Å². The number of aryl methyl sites for hydroxylation is 1. The Bertz CT molecular complexity index is 1140. The molecule has 1 saturated carbocycles. The van der Waals surface area contributed by atoms with Crippen molar-refractivity contribution in [2.75, 3.05) is 5.32 Å². The van der Waals surface area contributed by atoms with Gasteiger partial charge in [0.05, 0.1) is 17.0 Å². The largest absolute Gasteiger partial charge is 0.478 e. The number of nitrogens with one attached hydrogen (secondary N) is 1. The average Bonchev–Trinajstić information content (AvgIpc) is 2.74. The molecular weight excluding hydrogens is 378 g/mol. The van der Waals surface area contributed by atoms with Crippen LogP contribution in [0.15, 0.2) is 51.7 Å². The Labute approximate surface area is 175 Å². The summed E-state index contributed by atoms with van der Waals surface area (Å²) in [6.45, 7) is 3.91. The van der Waals surface area contributed by atoms with Crippen LogP contribution in [0.5, 0.6) is 0 Å². The highest BCUT2D eigenvalue weighted by molar-refractivity contribution is 5.94. The molecule has 1 aliphatic carbocycles. The molecule has 0 spiro atoms. The Balaban J connectivity index is 1.78. The maximum Gasteiger partial charge on any atom is 0.337 e. The summed E-state index contributed by atoms with van der Waals surface area (Å²) in [7, 11) is 0.